The van der Waals surface area contributed by atoms with Crippen molar-refractivity contribution in [3.63, 3.8) is 0 Å². The van der Waals surface area contributed by atoms with Crippen molar-refractivity contribution in [2.24, 2.45) is 0 Å². The van der Waals surface area contributed by atoms with E-state index in [1.54, 1.807) is 12.1 Å². The largest absolute Gasteiger partial charge is 0.493 e. The number of ketones is 1. The third-order valence-corrected chi connectivity index (χ3v) is 4.32. The molecule has 0 saturated carbocycles. The van der Waals surface area contributed by atoms with Crippen molar-refractivity contribution < 1.29 is 9.53 Å². The van der Waals surface area contributed by atoms with Crippen molar-refractivity contribution in [2.45, 2.75) is 19.3 Å². The molecule has 1 heterocycles. The number of Topliss-reactive ketones (excluding diaryl/α,β-unsaturated/α-hetero) is 1. The second-order valence-electron chi connectivity index (χ2n) is 5.12. The van der Waals surface area contributed by atoms with Crippen LogP contribution in [0.3, 0.4) is 0 Å². The summed E-state index contributed by atoms with van der Waals surface area (Å²) < 4.78 is 5.56. The normalized spacial score (nSPS) is 13.4. The van der Waals surface area contributed by atoms with Gasteiger partial charge in [-0.15, -0.1) is 0 Å². The number of halogens is 2. The van der Waals surface area contributed by atoms with Gasteiger partial charge in [-0.2, -0.15) is 0 Å². The number of hydrogen-bond donors (Lipinski definition) is 0. The molecule has 0 unspecified atom stereocenters. The van der Waals surface area contributed by atoms with Crippen LogP contribution in [0, 0.1) is 0 Å². The van der Waals surface area contributed by atoms with E-state index >= 15 is 0 Å². The van der Waals surface area contributed by atoms with Crippen molar-refractivity contribution in [2.75, 3.05) is 6.61 Å². The molecule has 0 saturated heterocycles. The molecule has 0 fully saturated rings. The summed E-state index contributed by atoms with van der Waals surface area (Å²) in [5.74, 6) is 0.967. The third kappa shape index (κ3) is 3.22. The highest BCUT2D eigenvalue weighted by atomic mass is 35.5. The van der Waals surface area contributed by atoms with E-state index in [1.165, 1.54) is 0 Å². The fourth-order valence-electron chi connectivity index (χ4n) is 2.47. The maximum atomic E-state index is 12.4. The topological polar surface area (TPSA) is 26.3 Å². The molecule has 3 rings (SSSR count). The summed E-state index contributed by atoms with van der Waals surface area (Å²) >= 11 is 11.9. The molecule has 0 spiro atoms. The fourth-order valence-corrected chi connectivity index (χ4v) is 2.79. The molecule has 0 N–H and O–H groups in total. The summed E-state index contributed by atoms with van der Waals surface area (Å²) in [6, 6.07) is 10.9. The van der Waals surface area contributed by atoms with Crippen LogP contribution in [0.25, 0.3) is 0 Å². The predicted octanol–water partition coefficient (Wildman–Crippen LogP) is 4.74. The molecule has 2 aromatic carbocycles. The van der Waals surface area contributed by atoms with Crippen molar-refractivity contribution in [3.8, 4) is 5.75 Å². The Hall–Kier alpha value is -1.51. The molecule has 1 aliphatic heterocycles. The Morgan fingerprint density at radius 1 is 1.10 bits per heavy atom. The Labute approximate surface area is 133 Å². The van der Waals surface area contributed by atoms with Gasteiger partial charge in [-0.05, 0) is 54.3 Å². The molecule has 108 valence electrons. The zero-order valence-corrected chi connectivity index (χ0v) is 12.9. The van der Waals surface area contributed by atoms with Crippen LogP contribution in [0.5, 0.6) is 5.75 Å². The molecule has 2 aromatic rings. The smallest absolute Gasteiger partial charge is 0.167 e. The lowest BCUT2D eigenvalue weighted by atomic mass is 9.98. The number of aryl methyl sites for hydroxylation is 1. The monoisotopic (exact) mass is 320 g/mol. The van der Waals surface area contributed by atoms with Gasteiger partial charge >= 0.3 is 0 Å². The van der Waals surface area contributed by atoms with Crippen LogP contribution in [-0.4, -0.2) is 12.4 Å². The first-order valence-electron chi connectivity index (χ1n) is 6.86. The van der Waals surface area contributed by atoms with Crippen LogP contribution in [0.15, 0.2) is 36.4 Å². The highest BCUT2D eigenvalue weighted by Gasteiger charge is 2.14. The van der Waals surface area contributed by atoms with Crippen molar-refractivity contribution in [3.05, 3.63) is 63.1 Å². The zero-order chi connectivity index (χ0) is 14.8. The van der Waals surface area contributed by atoms with Gasteiger partial charge in [-0.3, -0.25) is 4.79 Å². The maximum absolute atomic E-state index is 12.4. The van der Waals surface area contributed by atoms with Crippen LogP contribution < -0.4 is 4.74 Å². The molecule has 0 aromatic heterocycles. The van der Waals surface area contributed by atoms with E-state index < -0.39 is 0 Å². The number of carbonyl (C=O) groups excluding carboxylic acids is 1. The molecule has 2 nitrogen and oxygen atoms in total. The van der Waals surface area contributed by atoms with E-state index in [-0.39, 0.29) is 5.78 Å². The molecule has 0 aliphatic carbocycles. The minimum Gasteiger partial charge on any atom is -0.493 e. The maximum Gasteiger partial charge on any atom is 0.167 e. The highest BCUT2D eigenvalue weighted by Crippen LogP contribution is 2.27. The minimum absolute atomic E-state index is 0.0711. The number of hydrogen-bond acceptors (Lipinski definition) is 2. The summed E-state index contributed by atoms with van der Waals surface area (Å²) in [7, 11) is 0. The average molecular weight is 321 g/mol. The minimum atomic E-state index is 0.0711. The first-order chi connectivity index (χ1) is 10.1. The Morgan fingerprint density at radius 2 is 1.95 bits per heavy atom. The van der Waals surface area contributed by atoms with E-state index in [2.05, 4.69) is 0 Å². The highest BCUT2D eigenvalue weighted by molar-refractivity contribution is 6.42. The fraction of sp³-hybridized carbons (Fsp3) is 0.235. The van der Waals surface area contributed by atoms with Crippen molar-refractivity contribution in [1.82, 2.24) is 0 Å². The first kappa shape index (κ1) is 14.4. The number of rotatable bonds is 3. The van der Waals surface area contributed by atoms with Crippen molar-refractivity contribution >= 4 is 29.0 Å². The van der Waals surface area contributed by atoms with Gasteiger partial charge < -0.3 is 4.74 Å². The molecule has 0 bridgehead atoms. The SMILES string of the molecule is O=C(Cc1ccc(Cl)c(Cl)c1)c1ccc2c(c1)CCCO2. The lowest BCUT2D eigenvalue weighted by Gasteiger charge is -2.17. The predicted molar refractivity (Wildman–Crippen MR) is 84.8 cm³/mol. The molecule has 21 heavy (non-hydrogen) atoms. The van der Waals surface area contributed by atoms with Crippen LogP contribution in [-0.2, 0) is 12.8 Å². The lowest BCUT2D eigenvalue weighted by Crippen LogP contribution is -2.10. The van der Waals surface area contributed by atoms with E-state index in [9.17, 15) is 4.79 Å². The van der Waals surface area contributed by atoms with Crippen LogP contribution in [0.1, 0.15) is 27.9 Å². The van der Waals surface area contributed by atoms with Crippen LogP contribution in [0.2, 0.25) is 10.0 Å². The quantitative estimate of drug-likeness (QED) is 0.763. The van der Waals surface area contributed by atoms with Gasteiger partial charge in [0.2, 0.25) is 0 Å². The van der Waals surface area contributed by atoms with E-state index in [0.29, 0.717) is 22.0 Å². The third-order valence-electron chi connectivity index (χ3n) is 3.58. The van der Waals surface area contributed by atoms with Gasteiger partial charge in [0.25, 0.3) is 0 Å². The molecule has 1 aliphatic rings. The molecule has 0 radical (unpaired) electrons. The Bertz CT molecular complexity index is 695. The van der Waals surface area contributed by atoms with Crippen LogP contribution in [0.4, 0.5) is 0 Å². The van der Waals surface area contributed by atoms with Crippen molar-refractivity contribution in [1.29, 1.82) is 0 Å². The Kier molecular flexibility index (Phi) is 4.18. The second-order valence-corrected chi connectivity index (χ2v) is 5.94. The first-order valence-corrected chi connectivity index (χ1v) is 7.62. The number of benzene rings is 2. The summed E-state index contributed by atoms with van der Waals surface area (Å²) in [6.07, 6.45) is 2.27. The number of ether oxygens (including phenoxy) is 1. The van der Waals surface area contributed by atoms with Gasteiger partial charge in [-0.1, -0.05) is 29.3 Å². The van der Waals surface area contributed by atoms with E-state index in [4.69, 9.17) is 27.9 Å². The van der Waals surface area contributed by atoms with Gasteiger partial charge in [0.05, 0.1) is 16.7 Å². The van der Waals surface area contributed by atoms with Gasteiger partial charge in [0.15, 0.2) is 5.78 Å². The van der Waals surface area contributed by atoms with E-state index in [0.717, 1.165) is 36.3 Å². The standard InChI is InChI=1S/C17H14Cl2O2/c18-14-5-3-11(8-15(14)19)9-16(20)12-4-6-17-13(10-12)2-1-7-21-17/h3-6,8,10H,1-2,7,9H2. The van der Waals surface area contributed by atoms with Gasteiger partial charge in [0, 0.05) is 12.0 Å². The summed E-state index contributed by atoms with van der Waals surface area (Å²) in [5, 5.41) is 0.972. The summed E-state index contributed by atoms with van der Waals surface area (Å²) in [5.41, 5.74) is 2.69. The lowest BCUT2D eigenvalue weighted by molar-refractivity contribution is 0.0993. The molecular formula is C17H14Cl2O2. The summed E-state index contributed by atoms with van der Waals surface area (Å²) in [6.45, 7) is 0.754. The molecule has 4 heteroatoms. The molecule has 0 amide bonds. The second kappa shape index (κ2) is 6.08. The number of fused-ring (bicyclic) bond motifs is 1. The average Bonchev–Trinajstić information content (AvgIpc) is 2.50. The Balaban J connectivity index is 1.80. The molecule has 0 atom stereocenters. The van der Waals surface area contributed by atoms with Crippen LogP contribution >= 0.6 is 23.2 Å². The summed E-state index contributed by atoms with van der Waals surface area (Å²) in [4.78, 5) is 12.4. The Morgan fingerprint density at radius 3 is 2.76 bits per heavy atom. The van der Waals surface area contributed by atoms with Gasteiger partial charge in [0.1, 0.15) is 5.75 Å². The van der Waals surface area contributed by atoms with E-state index in [1.807, 2.05) is 24.3 Å². The molecular weight excluding hydrogens is 307 g/mol. The zero-order valence-electron chi connectivity index (χ0n) is 11.4. The van der Waals surface area contributed by atoms with Gasteiger partial charge in [-0.25, -0.2) is 0 Å². The number of carbonyl (C=O) groups is 1.